The van der Waals surface area contributed by atoms with Gasteiger partial charge in [-0.3, -0.25) is 4.79 Å². The maximum atomic E-state index is 12.1. The highest BCUT2D eigenvalue weighted by Crippen LogP contribution is 2.28. The molecule has 0 aliphatic rings. The molecule has 0 spiro atoms. The van der Waals surface area contributed by atoms with E-state index in [0.717, 1.165) is 0 Å². The second-order valence-electron chi connectivity index (χ2n) is 4.49. The minimum absolute atomic E-state index is 0.185. The Bertz CT molecular complexity index is 816. The predicted octanol–water partition coefficient (Wildman–Crippen LogP) is 4.90. The molecule has 1 N–H and O–H groups in total. The number of aromatic nitrogens is 1. The highest BCUT2D eigenvalue weighted by molar-refractivity contribution is 6.42. The SMILES string of the molecule is O=C(Nc1ccccc1)c1coc(-c2ccc(Cl)c(Cl)c2)n1. The zero-order valence-electron chi connectivity index (χ0n) is 11.2. The third-order valence-corrected chi connectivity index (χ3v) is 3.67. The van der Waals surface area contributed by atoms with E-state index in [1.54, 1.807) is 30.3 Å². The number of hydrogen-bond donors (Lipinski definition) is 1. The number of nitrogens with zero attached hydrogens (tertiary/aromatic N) is 1. The molecular formula is C16H10Cl2N2O2. The second-order valence-corrected chi connectivity index (χ2v) is 5.30. The quantitative estimate of drug-likeness (QED) is 0.742. The summed E-state index contributed by atoms with van der Waals surface area (Å²) in [5, 5.41) is 3.57. The Kier molecular flexibility index (Phi) is 4.13. The van der Waals surface area contributed by atoms with E-state index in [4.69, 9.17) is 27.6 Å². The van der Waals surface area contributed by atoms with Gasteiger partial charge in [0, 0.05) is 11.3 Å². The van der Waals surface area contributed by atoms with Crippen molar-refractivity contribution in [2.24, 2.45) is 0 Å². The zero-order valence-corrected chi connectivity index (χ0v) is 12.7. The van der Waals surface area contributed by atoms with Crippen molar-refractivity contribution in [2.45, 2.75) is 0 Å². The molecule has 3 rings (SSSR count). The summed E-state index contributed by atoms with van der Waals surface area (Å²) in [6, 6.07) is 14.1. The molecular weight excluding hydrogens is 323 g/mol. The molecule has 6 heteroatoms. The molecule has 22 heavy (non-hydrogen) atoms. The molecule has 2 aromatic carbocycles. The van der Waals surface area contributed by atoms with Crippen LogP contribution >= 0.6 is 23.2 Å². The van der Waals surface area contributed by atoms with Gasteiger partial charge in [0.25, 0.3) is 5.91 Å². The first kappa shape index (κ1) is 14.6. The van der Waals surface area contributed by atoms with Crippen LogP contribution in [0.15, 0.2) is 59.2 Å². The monoisotopic (exact) mass is 332 g/mol. The van der Waals surface area contributed by atoms with Crippen molar-refractivity contribution in [3.05, 3.63) is 70.5 Å². The highest BCUT2D eigenvalue weighted by Gasteiger charge is 2.14. The number of oxazole rings is 1. The average Bonchev–Trinajstić information content (AvgIpc) is 3.01. The van der Waals surface area contributed by atoms with Gasteiger partial charge in [-0.15, -0.1) is 0 Å². The van der Waals surface area contributed by atoms with Gasteiger partial charge in [0.15, 0.2) is 5.69 Å². The summed E-state index contributed by atoms with van der Waals surface area (Å²) in [6.07, 6.45) is 1.30. The lowest BCUT2D eigenvalue weighted by Crippen LogP contribution is -2.12. The summed E-state index contributed by atoms with van der Waals surface area (Å²) in [4.78, 5) is 16.3. The number of benzene rings is 2. The normalized spacial score (nSPS) is 10.5. The molecule has 0 aliphatic carbocycles. The Morgan fingerprint density at radius 3 is 2.55 bits per heavy atom. The van der Waals surface area contributed by atoms with Crippen molar-refractivity contribution in [3.8, 4) is 11.5 Å². The largest absolute Gasteiger partial charge is 0.444 e. The number of nitrogens with one attached hydrogen (secondary N) is 1. The van der Waals surface area contributed by atoms with Crippen LogP contribution < -0.4 is 5.32 Å². The maximum Gasteiger partial charge on any atom is 0.277 e. The van der Waals surface area contributed by atoms with Gasteiger partial charge in [0.05, 0.1) is 10.0 Å². The van der Waals surface area contributed by atoms with Gasteiger partial charge < -0.3 is 9.73 Å². The van der Waals surface area contributed by atoms with Crippen LogP contribution in [0, 0.1) is 0 Å². The molecule has 0 fully saturated rings. The molecule has 3 aromatic rings. The first-order valence-corrected chi connectivity index (χ1v) is 7.16. The van der Waals surface area contributed by atoms with E-state index in [1.807, 2.05) is 18.2 Å². The van der Waals surface area contributed by atoms with Crippen molar-refractivity contribution in [1.82, 2.24) is 4.98 Å². The van der Waals surface area contributed by atoms with Gasteiger partial charge in [0.2, 0.25) is 5.89 Å². The third-order valence-electron chi connectivity index (χ3n) is 2.94. The van der Waals surface area contributed by atoms with Crippen molar-refractivity contribution < 1.29 is 9.21 Å². The van der Waals surface area contributed by atoms with E-state index in [1.165, 1.54) is 6.26 Å². The lowest BCUT2D eigenvalue weighted by molar-refractivity contribution is 0.102. The maximum absolute atomic E-state index is 12.1. The van der Waals surface area contributed by atoms with Crippen LogP contribution in [-0.2, 0) is 0 Å². The number of halogens is 2. The fourth-order valence-electron chi connectivity index (χ4n) is 1.86. The van der Waals surface area contributed by atoms with Crippen molar-refractivity contribution in [1.29, 1.82) is 0 Å². The highest BCUT2D eigenvalue weighted by atomic mass is 35.5. The van der Waals surface area contributed by atoms with E-state index < -0.39 is 0 Å². The van der Waals surface area contributed by atoms with Gasteiger partial charge in [-0.25, -0.2) is 4.98 Å². The second kappa shape index (κ2) is 6.22. The van der Waals surface area contributed by atoms with Crippen LogP contribution in [0.1, 0.15) is 10.5 Å². The molecule has 0 saturated heterocycles. The molecule has 0 radical (unpaired) electrons. The number of anilines is 1. The number of carbonyl (C=O) groups is 1. The van der Waals surface area contributed by atoms with Crippen LogP contribution in [0.5, 0.6) is 0 Å². The van der Waals surface area contributed by atoms with Crippen LogP contribution in [-0.4, -0.2) is 10.9 Å². The summed E-state index contributed by atoms with van der Waals surface area (Å²) in [5.74, 6) is -0.0435. The van der Waals surface area contributed by atoms with Crippen molar-refractivity contribution in [2.75, 3.05) is 5.32 Å². The molecule has 0 aliphatic heterocycles. The van der Waals surface area contributed by atoms with Gasteiger partial charge in [-0.05, 0) is 30.3 Å². The molecule has 1 aromatic heterocycles. The van der Waals surface area contributed by atoms with Crippen molar-refractivity contribution >= 4 is 34.8 Å². The summed E-state index contributed by atoms with van der Waals surface area (Å²) in [5.41, 5.74) is 1.52. The van der Waals surface area contributed by atoms with Crippen LogP contribution in [0.25, 0.3) is 11.5 Å². The Labute approximate surface area is 136 Å². The summed E-state index contributed by atoms with van der Waals surface area (Å²) in [7, 11) is 0. The van der Waals surface area contributed by atoms with Gasteiger partial charge in [-0.1, -0.05) is 41.4 Å². The Balaban J connectivity index is 1.81. The van der Waals surface area contributed by atoms with E-state index in [9.17, 15) is 4.79 Å². The Hall–Kier alpha value is -2.30. The fraction of sp³-hybridized carbons (Fsp3) is 0. The van der Waals surface area contributed by atoms with E-state index in [2.05, 4.69) is 10.3 Å². The van der Waals surface area contributed by atoms with Crippen LogP contribution in [0.4, 0.5) is 5.69 Å². The number of amides is 1. The number of hydrogen-bond acceptors (Lipinski definition) is 3. The zero-order chi connectivity index (χ0) is 15.5. The summed E-state index contributed by atoms with van der Waals surface area (Å²) >= 11 is 11.8. The molecule has 0 saturated carbocycles. The van der Waals surface area contributed by atoms with Crippen LogP contribution in [0.2, 0.25) is 10.0 Å². The first-order chi connectivity index (χ1) is 10.6. The molecule has 0 unspecified atom stereocenters. The average molecular weight is 333 g/mol. The molecule has 110 valence electrons. The fourth-order valence-corrected chi connectivity index (χ4v) is 2.15. The molecule has 1 amide bonds. The van der Waals surface area contributed by atoms with Crippen molar-refractivity contribution in [3.63, 3.8) is 0 Å². The predicted molar refractivity (Wildman–Crippen MR) is 86.4 cm³/mol. The first-order valence-electron chi connectivity index (χ1n) is 6.41. The lowest BCUT2D eigenvalue weighted by atomic mass is 10.2. The summed E-state index contributed by atoms with van der Waals surface area (Å²) in [6.45, 7) is 0. The standard InChI is InChI=1S/C16H10Cl2N2O2/c17-12-7-6-10(8-13(12)18)16-20-14(9-22-16)15(21)19-11-4-2-1-3-5-11/h1-9H,(H,19,21). The Morgan fingerprint density at radius 1 is 1.05 bits per heavy atom. The minimum atomic E-state index is -0.346. The van der Waals surface area contributed by atoms with Crippen LogP contribution in [0.3, 0.4) is 0 Å². The van der Waals surface area contributed by atoms with Gasteiger partial charge in [0.1, 0.15) is 6.26 Å². The molecule has 1 heterocycles. The number of carbonyl (C=O) groups excluding carboxylic acids is 1. The molecule has 4 nitrogen and oxygen atoms in total. The molecule has 0 bridgehead atoms. The summed E-state index contributed by atoms with van der Waals surface area (Å²) < 4.78 is 5.33. The van der Waals surface area contributed by atoms with Gasteiger partial charge in [-0.2, -0.15) is 0 Å². The van der Waals surface area contributed by atoms with E-state index >= 15 is 0 Å². The lowest BCUT2D eigenvalue weighted by Gasteiger charge is -2.01. The number of para-hydroxylation sites is 1. The Morgan fingerprint density at radius 2 is 1.82 bits per heavy atom. The van der Waals surface area contributed by atoms with Gasteiger partial charge >= 0.3 is 0 Å². The third kappa shape index (κ3) is 3.13. The molecule has 0 atom stereocenters. The minimum Gasteiger partial charge on any atom is -0.444 e. The number of rotatable bonds is 3. The van der Waals surface area contributed by atoms with E-state index in [0.29, 0.717) is 27.2 Å². The topological polar surface area (TPSA) is 55.1 Å². The van der Waals surface area contributed by atoms with E-state index in [-0.39, 0.29) is 11.6 Å². The smallest absolute Gasteiger partial charge is 0.277 e.